The standard InChI is InChI=1S/C11H18F3N3OS/c1-3-5-15-8(4-2)10-17-16-9(19-10)6-18-7-11(12,13)14/h8,15H,3-7H2,1-2H3. The van der Waals surface area contributed by atoms with Crippen molar-refractivity contribution >= 4 is 11.3 Å². The Morgan fingerprint density at radius 1 is 1.32 bits per heavy atom. The van der Waals surface area contributed by atoms with E-state index in [2.05, 4.69) is 27.2 Å². The molecule has 1 N–H and O–H groups in total. The average molecular weight is 297 g/mol. The van der Waals surface area contributed by atoms with Gasteiger partial charge in [0.2, 0.25) is 0 Å². The Morgan fingerprint density at radius 2 is 2.05 bits per heavy atom. The Morgan fingerprint density at radius 3 is 2.63 bits per heavy atom. The Hall–Kier alpha value is -0.730. The molecule has 110 valence electrons. The first-order valence-electron chi connectivity index (χ1n) is 6.16. The van der Waals surface area contributed by atoms with Crippen LogP contribution in [-0.2, 0) is 11.3 Å². The lowest BCUT2D eigenvalue weighted by Gasteiger charge is -2.12. The molecule has 0 saturated heterocycles. The molecular weight excluding hydrogens is 279 g/mol. The Kier molecular flexibility index (Phi) is 6.67. The molecule has 1 rings (SSSR count). The van der Waals surface area contributed by atoms with Crippen LogP contribution < -0.4 is 5.32 Å². The van der Waals surface area contributed by atoms with Crippen molar-refractivity contribution in [3.8, 4) is 0 Å². The highest BCUT2D eigenvalue weighted by Crippen LogP contribution is 2.22. The Labute approximate surface area is 114 Å². The molecular formula is C11H18F3N3OS. The molecule has 0 aliphatic carbocycles. The number of nitrogens with one attached hydrogen (secondary N) is 1. The van der Waals surface area contributed by atoms with Crippen molar-refractivity contribution in [2.75, 3.05) is 13.2 Å². The minimum absolute atomic E-state index is 0.105. The van der Waals surface area contributed by atoms with Gasteiger partial charge in [0.1, 0.15) is 23.2 Å². The molecule has 1 heterocycles. The van der Waals surface area contributed by atoms with Crippen LogP contribution in [0, 0.1) is 0 Å². The second kappa shape index (κ2) is 7.76. The van der Waals surface area contributed by atoms with Crippen molar-refractivity contribution < 1.29 is 17.9 Å². The molecule has 0 bridgehead atoms. The third-order valence-electron chi connectivity index (χ3n) is 2.32. The molecule has 8 heteroatoms. The van der Waals surface area contributed by atoms with Gasteiger partial charge in [-0.3, -0.25) is 0 Å². The van der Waals surface area contributed by atoms with Crippen LogP contribution in [0.2, 0.25) is 0 Å². The van der Waals surface area contributed by atoms with Gasteiger partial charge in [-0.15, -0.1) is 10.2 Å². The molecule has 1 atom stereocenters. The lowest BCUT2D eigenvalue weighted by molar-refractivity contribution is -0.176. The number of halogens is 3. The number of alkyl halides is 3. The third kappa shape index (κ3) is 6.31. The van der Waals surface area contributed by atoms with Crippen molar-refractivity contribution in [2.24, 2.45) is 0 Å². The summed E-state index contributed by atoms with van der Waals surface area (Å²) < 4.78 is 40.3. The van der Waals surface area contributed by atoms with E-state index in [0.29, 0.717) is 5.01 Å². The lowest BCUT2D eigenvalue weighted by atomic mass is 10.2. The topological polar surface area (TPSA) is 47.0 Å². The van der Waals surface area contributed by atoms with Gasteiger partial charge in [-0.05, 0) is 19.4 Å². The van der Waals surface area contributed by atoms with Crippen molar-refractivity contribution in [1.29, 1.82) is 0 Å². The van der Waals surface area contributed by atoms with E-state index < -0.39 is 12.8 Å². The zero-order valence-electron chi connectivity index (χ0n) is 11.0. The van der Waals surface area contributed by atoms with E-state index in [-0.39, 0.29) is 12.6 Å². The number of hydrogen-bond donors (Lipinski definition) is 1. The van der Waals surface area contributed by atoms with Crippen molar-refractivity contribution in [1.82, 2.24) is 15.5 Å². The molecule has 0 aliphatic rings. The van der Waals surface area contributed by atoms with Crippen molar-refractivity contribution in [3.05, 3.63) is 10.0 Å². The summed E-state index contributed by atoms with van der Waals surface area (Å²) in [6.45, 7) is 3.55. The summed E-state index contributed by atoms with van der Waals surface area (Å²) in [5.41, 5.74) is 0. The van der Waals surface area contributed by atoms with E-state index in [1.165, 1.54) is 11.3 Å². The number of hydrogen-bond acceptors (Lipinski definition) is 5. The van der Waals surface area contributed by atoms with Gasteiger partial charge < -0.3 is 10.1 Å². The highest BCUT2D eigenvalue weighted by atomic mass is 32.1. The molecule has 1 aromatic heterocycles. The monoisotopic (exact) mass is 297 g/mol. The minimum Gasteiger partial charge on any atom is -0.365 e. The van der Waals surface area contributed by atoms with E-state index in [0.717, 1.165) is 24.4 Å². The highest BCUT2D eigenvalue weighted by Gasteiger charge is 2.27. The number of aromatic nitrogens is 2. The van der Waals surface area contributed by atoms with Gasteiger partial charge in [0.15, 0.2) is 0 Å². The Bertz CT molecular complexity index is 370. The fraction of sp³-hybridized carbons (Fsp3) is 0.818. The van der Waals surface area contributed by atoms with E-state index in [1.54, 1.807) is 0 Å². The molecule has 19 heavy (non-hydrogen) atoms. The van der Waals surface area contributed by atoms with Crippen molar-refractivity contribution in [2.45, 2.75) is 45.5 Å². The highest BCUT2D eigenvalue weighted by molar-refractivity contribution is 7.11. The van der Waals surface area contributed by atoms with Gasteiger partial charge in [-0.25, -0.2) is 0 Å². The van der Waals surface area contributed by atoms with Gasteiger partial charge in [0, 0.05) is 0 Å². The van der Waals surface area contributed by atoms with Crippen LogP contribution in [0.3, 0.4) is 0 Å². The fourth-order valence-corrected chi connectivity index (χ4v) is 2.38. The maximum absolute atomic E-state index is 11.9. The van der Waals surface area contributed by atoms with Crippen LogP contribution in [0.1, 0.15) is 42.7 Å². The van der Waals surface area contributed by atoms with Gasteiger partial charge >= 0.3 is 6.18 Å². The predicted octanol–water partition coefficient (Wildman–Crippen LogP) is 3.07. The maximum atomic E-state index is 11.9. The van der Waals surface area contributed by atoms with Crippen molar-refractivity contribution in [3.63, 3.8) is 0 Å². The molecule has 0 amide bonds. The molecule has 0 saturated carbocycles. The summed E-state index contributed by atoms with van der Waals surface area (Å²) in [5.74, 6) is 0. The van der Waals surface area contributed by atoms with Gasteiger partial charge in [0.25, 0.3) is 0 Å². The zero-order chi connectivity index (χ0) is 14.3. The lowest BCUT2D eigenvalue weighted by Crippen LogP contribution is -2.21. The molecule has 0 aromatic carbocycles. The Balaban J connectivity index is 2.46. The molecule has 1 unspecified atom stereocenters. The van der Waals surface area contributed by atoms with E-state index >= 15 is 0 Å². The number of nitrogens with zero attached hydrogens (tertiary/aromatic N) is 2. The molecule has 0 spiro atoms. The summed E-state index contributed by atoms with van der Waals surface area (Å²) in [6, 6.07) is 0.105. The predicted molar refractivity (Wildman–Crippen MR) is 66.9 cm³/mol. The zero-order valence-corrected chi connectivity index (χ0v) is 11.8. The fourth-order valence-electron chi connectivity index (χ4n) is 1.44. The summed E-state index contributed by atoms with van der Waals surface area (Å²) >= 11 is 1.29. The van der Waals surface area contributed by atoms with Crippen LogP contribution in [-0.4, -0.2) is 29.5 Å². The van der Waals surface area contributed by atoms with Crippen LogP contribution >= 0.6 is 11.3 Å². The molecule has 1 aromatic rings. The van der Waals surface area contributed by atoms with Gasteiger partial charge in [-0.2, -0.15) is 13.2 Å². The second-order valence-electron chi connectivity index (χ2n) is 4.06. The first-order valence-corrected chi connectivity index (χ1v) is 6.98. The van der Waals surface area contributed by atoms with Crippen LogP contribution in [0.5, 0.6) is 0 Å². The van der Waals surface area contributed by atoms with Crippen LogP contribution in [0.25, 0.3) is 0 Å². The van der Waals surface area contributed by atoms with Crippen LogP contribution in [0.4, 0.5) is 13.2 Å². The first-order chi connectivity index (χ1) is 8.96. The second-order valence-corrected chi connectivity index (χ2v) is 5.15. The molecule has 0 aliphatic heterocycles. The van der Waals surface area contributed by atoms with Gasteiger partial charge in [0.05, 0.1) is 6.04 Å². The summed E-state index contributed by atoms with van der Waals surface area (Å²) in [6.07, 6.45) is -2.43. The number of rotatable bonds is 8. The first kappa shape index (κ1) is 16.3. The SMILES string of the molecule is CCCNC(CC)c1nnc(COCC(F)(F)F)s1. The largest absolute Gasteiger partial charge is 0.411 e. The molecule has 0 radical (unpaired) electrons. The van der Waals surface area contributed by atoms with E-state index in [4.69, 9.17) is 0 Å². The summed E-state index contributed by atoms with van der Waals surface area (Å²) in [4.78, 5) is 0. The quantitative estimate of drug-likeness (QED) is 0.801. The molecule has 4 nitrogen and oxygen atoms in total. The summed E-state index contributed by atoms with van der Waals surface area (Å²) in [7, 11) is 0. The minimum atomic E-state index is -4.30. The molecule has 0 fully saturated rings. The smallest absolute Gasteiger partial charge is 0.365 e. The van der Waals surface area contributed by atoms with E-state index in [1.807, 2.05) is 6.92 Å². The summed E-state index contributed by atoms with van der Waals surface area (Å²) in [5, 5.41) is 12.4. The normalized spacial score (nSPS) is 13.7. The van der Waals surface area contributed by atoms with Gasteiger partial charge in [-0.1, -0.05) is 25.2 Å². The third-order valence-corrected chi connectivity index (χ3v) is 3.33. The number of ether oxygens (including phenoxy) is 1. The van der Waals surface area contributed by atoms with Crippen LogP contribution in [0.15, 0.2) is 0 Å². The van der Waals surface area contributed by atoms with E-state index in [9.17, 15) is 13.2 Å². The maximum Gasteiger partial charge on any atom is 0.411 e. The average Bonchev–Trinajstić information content (AvgIpc) is 2.77.